The Balaban J connectivity index is 0.000000337. The topological polar surface area (TPSA) is 73.6 Å². The molecule has 0 saturated heterocycles. The first-order valence-electron chi connectivity index (χ1n) is 23.2. The first-order chi connectivity index (χ1) is 24.9. The highest BCUT2D eigenvalue weighted by atomic mass is 19.1. The summed E-state index contributed by atoms with van der Waals surface area (Å²) >= 11 is 0. The number of nitrogens with zero attached hydrogens (tertiary/aromatic N) is 2. The molecule has 0 aromatic carbocycles. The third-order valence-electron chi connectivity index (χ3n) is 12.3. The van der Waals surface area contributed by atoms with Crippen LogP contribution >= 0.6 is 0 Å². The molecule has 3 nitrogen and oxygen atoms in total. The van der Waals surface area contributed by atoms with Crippen molar-refractivity contribution in [1.29, 1.82) is 10.5 Å². The Hall–Kier alpha value is -1.13. The fraction of sp³-hybridized carbons (Fsp3) is 0.962. The second-order valence-corrected chi connectivity index (χ2v) is 27.4. The van der Waals surface area contributed by atoms with Crippen LogP contribution in [0.25, 0.3) is 0 Å². The standard InChI is InChI=1S/C10H17N.C9H17F.C9H15N.C8H17N.2C8H16/c1-9(2,3)7-10(8-11)5-4-6-10;1-8(2,3)5-7-6-9(7,4)10;1-8(2,3)6-9(7-10)4-5-9;1-7(2,3)6-8(9)4-5-8;1-8(2,3)6-7-4-5-7;1-8(2,3)7-5-4-6-7/h4-7H2,1-3H3;7H,5-6H2,1-4H3;4-6H2,1-3H3;4-6,9H2,1-3H3;2*7H,4-6H2,1-3H3. The highest BCUT2D eigenvalue weighted by Crippen LogP contribution is 2.53. The Morgan fingerprint density at radius 2 is 0.911 bits per heavy atom. The lowest BCUT2D eigenvalue weighted by Gasteiger charge is -2.39. The molecular weight excluding hydrogens is 686 g/mol. The summed E-state index contributed by atoms with van der Waals surface area (Å²) in [6.45, 7) is 42.2. The van der Waals surface area contributed by atoms with Crippen molar-refractivity contribution in [3.8, 4) is 12.1 Å². The van der Waals surface area contributed by atoms with Crippen molar-refractivity contribution in [1.82, 2.24) is 0 Å². The normalized spacial score (nSPS) is 25.5. The van der Waals surface area contributed by atoms with Gasteiger partial charge in [-0.1, -0.05) is 150 Å². The van der Waals surface area contributed by atoms with Gasteiger partial charge in [0.1, 0.15) is 5.67 Å². The van der Waals surface area contributed by atoms with Crippen LogP contribution in [0.1, 0.15) is 247 Å². The van der Waals surface area contributed by atoms with Crippen LogP contribution in [0.2, 0.25) is 0 Å². The molecule has 6 aliphatic carbocycles. The Morgan fingerprint density at radius 1 is 0.536 bits per heavy atom. The molecule has 0 aromatic rings. The van der Waals surface area contributed by atoms with Gasteiger partial charge in [-0.2, -0.15) is 10.5 Å². The van der Waals surface area contributed by atoms with E-state index < -0.39 is 5.67 Å². The van der Waals surface area contributed by atoms with E-state index in [0.717, 1.165) is 63.2 Å². The minimum atomic E-state index is -0.826. The summed E-state index contributed by atoms with van der Waals surface area (Å²) in [6, 6.07) is 4.88. The molecule has 4 heteroatoms. The second-order valence-electron chi connectivity index (χ2n) is 27.4. The number of nitrogens with two attached hydrogens (primary N) is 1. The Kier molecular flexibility index (Phi) is 18.4. The van der Waals surface area contributed by atoms with Gasteiger partial charge in [-0.15, -0.1) is 0 Å². The van der Waals surface area contributed by atoms with Gasteiger partial charge in [0, 0.05) is 5.54 Å². The van der Waals surface area contributed by atoms with Gasteiger partial charge in [-0.05, 0) is 147 Å². The number of hydrogen-bond donors (Lipinski definition) is 1. The monoisotopic (exact) mass is 784 g/mol. The maximum absolute atomic E-state index is 13.0. The number of rotatable bonds is 5. The lowest BCUT2D eigenvalue weighted by Crippen LogP contribution is -2.32. The number of alkyl halides is 1. The zero-order valence-electron chi connectivity index (χ0n) is 41.3. The fourth-order valence-corrected chi connectivity index (χ4v) is 8.74. The molecule has 6 rings (SSSR count). The zero-order chi connectivity index (χ0) is 43.9. The fourth-order valence-electron chi connectivity index (χ4n) is 8.74. The minimum absolute atomic E-state index is 0.0538. The summed E-state index contributed by atoms with van der Waals surface area (Å²) in [5.41, 5.74) is 8.02. The third-order valence-corrected chi connectivity index (χ3v) is 12.3. The highest BCUT2D eigenvalue weighted by Gasteiger charge is 2.52. The summed E-state index contributed by atoms with van der Waals surface area (Å²) < 4.78 is 13.0. The molecule has 2 N–H and O–H groups in total. The molecule has 2 unspecified atom stereocenters. The van der Waals surface area contributed by atoms with E-state index in [2.05, 4.69) is 137 Å². The molecule has 0 heterocycles. The quantitative estimate of drug-likeness (QED) is 0.302. The van der Waals surface area contributed by atoms with Gasteiger partial charge in [0.15, 0.2) is 0 Å². The zero-order valence-corrected chi connectivity index (χ0v) is 41.3. The van der Waals surface area contributed by atoms with Crippen LogP contribution < -0.4 is 5.73 Å². The predicted molar refractivity (Wildman–Crippen MR) is 243 cm³/mol. The Morgan fingerprint density at radius 3 is 1.00 bits per heavy atom. The lowest BCUT2D eigenvalue weighted by atomic mass is 9.62. The van der Waals surface area contributed by atoms with Crippen LogP contribution in [0.4, 0.5) is 4.39 Å². The number of hydrogen-bond acceptors (Lipinski definition) is 3. The van der Waals surface area contributed by atoms with Crippen molar-refractivity contribution in [2.24, 2.45) is 66.8 Å². The van der Waals surface area contributed by atoms with E-state index in [9.17, 15) is 4.39 Å². The van der Waals surface area contributed by atoms with Gasteiger partial charge < -0.3 is 5.73 Å². The number of nitriles is 2. The smallest absolute Gasteiger partial charge is 0.111 e. The van der Waals surface area contributed by atoms with E-state index in [1.165, 1.54) is 64.2 Å². The average Bonchev–Trinajstić information content (AvgIpc) is 3.72. The Labute approximate surface area is 351 Å². The summed E-state index contributed by atoms with van der Waals surface area (Å²) in [4.78, 5) is 0. The molecular formula is C52H98FN3. The van der Waals surface area contributed by atoms with Crippen molar-refractivity contribution in [3.05, 3.63) is 0 Å². The van der Waals surface area contributed by atoms with Gasteiger partial charge in [-0.25, -0.2) is 4.39 Å². The van der Waals surface area contributed by atoms with Crippen LogP contribution in [-0.4, -0.2) is 11.2 Å². The van der Waals surface area contributed by atoms with Crippen molar-refractivity contribution in [2.75, 3.05) is 0 Å². The van der Waals surface area contributed by atoms with Gasteiger partial charge in [0.05, 0.1) is 23.0 Å². The lowest BCUT2D eigenvalue weighted by molar-refractivity contribution is 0.133. The van der Waals surface area contributed by atoms with Crippen molar-refractivity contribution in [2.45, 2.75) is 258 Å². The minimum Gasteiger partial charge on any atom is -0.325 e. The summed E-state index contributed by atoms with van der Waals surface area (Å²) in [5.74, 6) is 2.46. The van der Waals surface area contributed by atoms with E-state index in [1.807, 2.05) is 0 Å². The highest BCUT2D eigenvalue weighted by molar-refractivity contribution is 5.11. The van der Waals surface area contributed by atoms with Crippen LogP contribution in [0.5, 0.6) is 0 Å². The molecule has 6 aliphatic rings. The molecule has 0 aromatic heterocycles. The van der Waals surface area contributed by atoms with Crippen LogP contribution in [0.15, 0.2) is 0 Å². The van der Waals surface area contributed by atoms with Crippen molar-refractivity contribution >= 4 is 0 Å². The first-order valence-corrected chi connectivity index (χ1v) is 23.2. The molecule has 0 amide bonds. The maximum atomic E-state index is 13.0. The van der Waals surface area contributed by atoms with Gasteiger partial charge >= 0.3 is 0 Å². The van der Waals surface area contributed by atoms with E-state index in [0.29, 0.717) is 38.4 Å². The molecule has 0 aliphatic heterocycles. The molecule has 6 fully saturated rings. The van der Waals surface area contributed by atoms with Crippen molar-refractivity contribution in [3.63, 3.8) is 0 Å². The van der Waals surface area contributed by atoms with Gasteiger partial charge in [0.2, 0.25) is 0 Å². The number of halogens is 1. The molecule has 2 atom stereocenters. The van der Waals surface area contributed by atoms with Gasteiger partial charge in [0.25, 0.3) is 0 Å². The summed E-state index contributed by atoms with van der Waals surface area (Å²) in [7, 11) is 0. The molecule has 0 radical (unpaired) electrons. The van der Waals surface area contributed by atoms with E-state index in [-0.39, 0.29) is 16.4 Å². The van der Waals surface area contributed by atoms with Crippen LogP contribution in [0, 0.1) is 83.7 Å². The second kappa shape index (κ2) is 19.5. The van der Waals surface area contributed by atoms with Crippen molar-refractivity contribution < 1.29 is 4.39 Å². The summed E-state index contributed by atoms with van der Waals surface area (Å²) in [5, 5.41) is 17.7. The van der Waals surface area contributed by atoms with E-state index >= 15 is 0 Å². The average molecular weight is 784 g/mol. The van der Waals surface area contributed by atoms with Crippen LogP contribution in [0.3, 0.4) is 0 Å². The molecule has 328 valence electrons. The SMILES string of the molecule is CC(C)(C)C1CCC1.CC(C)(C)CC1(C#N)CC1.CC(C)(C)CC1(C#N)CCC1.CC(C)(C)CC1(N)CC1.CC(C)(C)CC1CC1.CC(C)(C)CC1CC1(C)F. The predicted octanol–water partition coefficient (Wildman–Crippen LogP) is 16.6. The molecule has 0 bridgehead atoms. The van der Waals surface area contributed by atoms with Gasteiger partial charge in [-0.3, -0.25) is 0 Å². The molecule has 6 saturated carbocycles. The molecule has 56 heavy (non-hydrogen) atoms. The third kappa shape index (κ3) is 25.4. The first kappa shape index (κ1) is 52.9. The van der Waals surface area contributed by atoms with Crippen LogP contribution in [-0.2, 0) is 0 Å². The Bertz CT molecular complexity index is 1230. The molecule has 0 spiro atoms. The van der Waals surface area contributed by atoms with E-state index in [1.54, 1.807) is 6.92 Å². The van der Waals surface area contributed by atoms with E-state index in [4.69, 9.17) is 16.3 Å². The maximum Gasteiger partial charge on any atom is 0.111 e. The summed E-state index contributed by atoms with van der Waals surface area (Å²) in [6.07, 6.45) is 22.2. The largest absolute Gasteiger partial charge is 0.325 e.